The van der Waals surface area contributed by atoms with E-state index in [1.165, 1.54) is 29.8 Å². The van der Waals surface area contributed by atoms with Gasteiger partial charge in [0.05, 0.1) is 28.1 Å². The zero-order valence-corrected chi connectivity index (χ0v) is 18.6. The second-order valence-electron chi connectivity index (χ2n) is 7.70. The van der Waals surface area contributed by atoms with Gasteiger partial charge in [-0.2, -0.15) is 5.10 Å². The average Bonchev–Trinajstić information content (AvgIpc) is 2.98. The smallest absolute Gasteiger partial charge is 0.312 e. The lowest BCUT2D eigenvalue weighted by atomic mass is 10.1. The van der Waals surface area contributed by atoms with Crippen LogP contribution in [0.4, 0.5) is 17.1 Å². The van der Waals surface area contributed by atoms with E-state index in [9.17, 15) is 25.0 Å². The highest BCUT2D eigenvalue weighted by atomic mass is 16.6. The second kappa shape index (κ2) is 9.47. The number of rotatable bonds is 8. The Hall–Kier alpha value is -4.28. The van der Waals surface area contributed by atoms with Crippen molar-refractivity contribution >= 4 is 23.0 Å². The maximum Gasteiger partial charge on any atom is 0.312 e. The van der Waals surface area contributed by atoms with Crippen LogP contribution in [-0.4, -0.2) is 25.5 Å². The Labute approximate surface area is 189 Å². The Morgan fingerprint density at radius 1 is 0.970 bits per heavy atom. The molecular formula is C22H23N5O6. The van der Waals surface area contributed by atoms with Crippen molar-refractivity contribution in [3.05, 3.63) is 79.1 Å². The van der Waals surface area contributed by atoms with Crippen molar-refractivity contribution < 1.29 is 19.4 Å². The lowest BCUT2D eigenvalue weighted by Crippen LogP contribution is -2.16. The third-order valence-corrected chi connectivity index (χ3v) is 4.89. The molecule has 2 aromatic carbocycles. The molecule has 0 fully saturated rings. The van der Waals surface area contributed by atoms with Crippen LogP contribution in [-0.2, 0) is 11.3 Å². The van der Waals surface area contributed by atoms with Crippen molar-refractivity contribution in [1.82, 2.24) is 9.78 Å². The lowest BCUT2D eigenvalue weighted by Gasteiger charge is -2.11. The van der Waals surface area contributed by atoms with Gasteiger partial charge in [0, 0.05) is 18.6 Å². The first-order valence-corrected chi connectivity index (χ1v) is 10.1. The van der Waals surface area contributed by atoms with Crippen LogP contribution in [0.25, 0.3) is 0 Å². The van der Waals surface area contributed by atoms with Crippen molar-refractivity contribution in [2.45, 2.75) is 40.7 Å². The average molecular weight is 453 g/mol. The number of nitrogens with zero attached hydrogens (tertiary/aromatic N) is 4. The molecule has 1 amide bonds. The highest BCUT2D eigenvalue weighted by Gasteiger charge is 2.22. The number of amides is 1. The van der Waals surface area contributed by atoms with Crippen LogP contribution in [0.15, 0.2) is 36.4 Å². The molecule has 0 aliphatic carbocycles. The summed E-state index contributed by atoms with van der Waals surface area (Å²) in [5, 5.41) is 29.2. The molecule has 0 saturated carbocycles. The van der Waals surface area contributed by atoms with E-state index in [2.05, 4.69) is 10.4 Å². The molecule has 0 aliphatic heterocycles. The number of carbonyl (C=O) groups excluding carboxylic acids is 1. The summed E-state index contributed by atoms with van der Waals surface area (Å²) in [5.74, 6) is 0.304. The Bertz CT molecular complexity index is 1230. The molecule has 3 rings (SSSR count). The van der Waals surface area contributed by atoms with Crippen LogP contribution in [0.2, 0.25) is 0 Å². The molecule has 3 aromatic rings. The van der Waals surface area contributed by atoms with E-state index in [1.807, 2.05) is 19.9 Å². The van der Waals surface area contributed by atoms with Gasteiger partial charge >= 0.3 is 5.69 Å². The Kier molecular flexibility index (Phi) is 6.71. The minimum absolute atomic E-state index is 0.0327. The van der Waals surface area contributed by atoms with Gasteiger partial charge in [-0.05, 0) is 51.0 Å². The molecule has 1 aromatic heterocycles. The maximum absolute atomic E-state index is 12.5. The summed E-state index contributed by atoms with van der Waals surface area (Å²) in [7, 11) is 0. The van der Waals surface area contributed by atoms with Gasteiger partial charge in [0.15, 0.2) is 0 Å². The quantitative estimate of drug-likeness (QED) is 0.383. The molecule has 172 valence electrons. The summed E-state index contributed by atoms with van der Waals surface area (Å²) in [6, 6.07) is 9.60. The second-order valence-corrected chi connectivity index (χ2v) is 7.70. The SMILES string of the molecule is Cc1cc(C)cc(Oc2cc(NC(=O)CCn3nc(C)c([N+](=O)[O-])c3C)cc([N+](=O)[O-])c2)c1. The number of carbonyl (C=O) groups is 1. The summed E-state index contributed by atoms with van der Waals surface area (Å²) >= 11 is 0. The summed E-state index contributed by atoms with van der Waals surface area (Å²) in [6.07, 6.45) is -0.0327. The molecular weight excluding hydrogens is 430 g/mol. The molecule has 0 unspecified atom stereocenters. The standard InChI is InChI=1S/C22H23N5O6/c1-13-7-14(2)9-19(8-13)33-20-11-17(10-18(12-20)26(29)30)23-21(28)5-6-25-16(4)22(27(31)32)15(3)24-25/h7-12H,5-6H2,1-4H3,(H,23,28). The largest absolute Gasteiger partial charge is 0.457 e. The zero-order valence-electron chi connectivity index (χ0n) is 18.6. The minimum Gasteiger partial charge on any atom is -0.457 e. The first-order chi connectivity index (χ1) is 15.5. The molecule has 0 atom stereocenters. The van der Waals surface area contributed by atoms with Gasteiger partial charge in [-0.3, -0.25) is 29.7 Å². The lowest BCUT2D eigenvalue weighted by molar-refractivity contribution is -0.386. The number of benzene rings is 2. The molecule has 0 saturated heterocycles. The highest BCUT2D eigenvalue weighted by Crippen LogP contribution is 2.31. The third-order valence-electron chi connectivity index (χ3n) is 4.89. The molecule has 1 heterocycles. The highest BCUT2D eigenvalue weighted by molar-refractivity contribution is 5.91. The van der Waals surface area contributed by atoms with Crippen molar-refractivity contribution in [2.24, 2.45) is 0 Å². The van der Waals surface area contributed by atoms with Gasteiger partial charge in [-0.1, -0.05) is 6.07 Å². The van der Waals surface area contributed by atoms with E-state index in [1.54, 1.807) is 19.1 Å². The van der Waals surface area contributed by atoms with Gasteiger partial charge in [0.25, 0.3) is 5.69 Å². The number of anilines is 1. The van der Waals surface area contributed by atoms with E-state index in [0.717, 1.165) is 11.1 Å². The molecule has 33 heavy (non-hydrogen) atoms. The fourth-order valence-corrected chi connectivity index (χ4v) is 3.55. The molecule has 0 aliphatic rings. The van der Waals surface area contributed by atoms with Gasteiger partial charge in [0.2, 0.25) is 5.91 Å². The predicted octanol–water partition coefficient (Wildman–Crippen LogP) is 4.75. The van der Waals surface area contributed by atoms with Crippen LogP contribution < -0.4 is 10.1 Å². The molecule has 0 radical (unpaired) electrons. The number of nitrogens with one attached hydrogen (secondary N) is 1. The van der Waals surface area contributed by atoms with E-state index in [0.29, 0.717) is 11.4 Å². The van der Waals surface area contributed by atoms with Gasteiger partial charge < -0.3 is 10.1 Å². The van der Waals surface area contributed by atoms with Crippen molar-refractivity contribution in [3.63, 3.8) is 0 Å². The number of hydrogen-bond acceptors (Lipinski definition) is 7. The van der Waals surface area contributed by atoms with Crippen LogP contribution >= 0.6 is 0 Å². The van der Waals surface area contributed by atoms with Crippen molar-refractivity contribution in [2.75, 3.05) is 5.32 Å². The monoisotopic (exact) mass is 453 g/mol. The van der Waals surface area contributed by atoms with E-state index < -0.39 is 15.8 Å². The summed E-state index contributed by atoms with van der Waals surface area (Å²) < 4.78 is 7.20. The number of aryl methyl sites for hydroxylation is 4. The molecule has 11 nitrogen and oxygen atoms in total. The Morgan fingerprint density at radius 3 is 2.18 bits per heavy atom. The number of nitro benzene ring substituents is 1. The van der Waals surface area contributed by atoms with E-state index in [-0.39, 0.29) is 41.5 Å². The Morgan fingerprint density at radius 2 is 1.61 bits per heavy atom. The fraction of sp³-hybridized carbons (Fsp3) is 0.273. The van der Waals surface area contributed by atoms with E-state index in [4.69, 9.17) is 4.74 Å². The summed E-state index contributed by atoms with van der Waals surface area (Å²) in [4.78, 5) is 33.9. The normalized spacial score (nSPS) is 10.7. The maximum atomic E-state index is 12.5. The first kappa shape index (κ1) is 23.4. The number of ether oxygens (including phenoxy) is 1. The Balaban J connectivity index is 1.75. The van der Waals surface area contributed by atoms with Crippen molar-refractivity contribution in [3.8, 4) is 11.5 Å². The molecule has 0 bridgehead atoms. The zero-order chi connectivity index (χ0) is 24.3. The number of nitro groups is 2. The number of hydrogen-bond donors (Lipinski definition) is 1. The van der Waals surface area contributed by atoms with Gasteiger partial charge in [0.1, 0.15) is 22.9 Å². The number of aromatic nitrogens is 2. The minimum atomic E-state index is -0.570. The van der Waals surface area contributed by atoms with Crippen LogP contribution in [0.5, 0.6) is 11.5 Å². The van der Waals surface area contributed by atoms with Crippen molar-refractivity contribution in [1.29, 1.82) is 0 Å². The molecule has 11 heteroatoms. The van der Waals surface area contributed by atoms with Crippen LogP contribution in [0, 0.1) is 47.9 Å². The first-order valence-electron chi connectivity index (χ1n) is 10.1. The molecule has 0 spiro atoms. The van der Waals surface area contributed by atoms with Crippen LogP contribution in [0.3, 0.4) is 0 Å². The summed E-state index contributed by atoms with van der Waals surface area (Å²) in [6.45, 7) is 7.04. The predicted molar refractivity (Wildman–Crippen MR) is 121 cm³/mol. The third kappa shape index (κ3) is 5.70. The van der Waals surface area contributed by atoms with Gasteiger partial charge in [-0.25, -0.2) is 0 Å². The van der Waals surface area contributed by atoms with E-state index >= 15 is 0 Å². The molecule has 1 N–H and O–H groups in total. The fourth-order valence-electron chi connectivity index (χ4n) is 3.55. The summed E-state index contributed by atoms with van der Waals surface area (Å²) in [5.41, 5.74) is 2.47. The van der Waals surface area contributed by atoms with Crippen LogP contribution in [0.1, 0.15) is 28.9 Å². The van der Waals surface area contributed by atoms with Gasteiger partial charge in [-0.15, -0.1) is 0 Å². The topological polar surface area (TPSA) is 142 Å². The number of non-ortho nitro benzene ring substituents is 1.